The van der Waals surface area contributed by atoms with E-state index in [2.05, 4.69) is 12.2 Å². The van der Waals surface area contributed by atoms with Gasteiger partial charge in [-0.05, 0) is 31.6 Å². The molecule has 0 aromatic rings. The smallest absolute Gasteiger partial charge is 0.275 e. The van der Waals surface area contributed by atoms with Crippen molar-refractivity contribution in [1.29, 1.82) is 0 Å². The monoisotopic (exact) mass is 225 g/mol. The molecule has 1 saturated heterocycles. The molecular formula is C13H25N2O+. The lowest BCUT2D eigenvalue weighted by molar-refractivity contribution is -0.898. The molecule has 2 fully saturated rings. The standard InChI is InChI=1S/C13H24N2O/c1-11-6-8-15(9-7-11)10-13(16)14-12-4-2-3-5-12/h11-12H,2-10H2,1H3,(H,14,16)/p+1. The third-order valence-electron chi connectivity index (χ3n) is 4.11. The number of hydrogen-bond donors (Lipinski definition) is 2. The minimum absolute atomic E-state index is 0.274. The Morgan fingerprint density at radius 3 is 2.44 bits per heavy atom. The predicted molar refractivity (Wildman–Crippen MR) is 64.4 cm³/mol. The Hall–Kier alpha value is -0.570. The van der Waals surface area contributed by atoms with Crippen LogP contribution < -0.4 is 10.2 Å². The van der Waals surface area contributed by atoms with Crippen LogP contribution in [0.4, 0.5) is 0 Å². The summed E-state index contributed by atoms with van der Waals surface area (Å²) in [7, 11) is 0. The predicted octanol–water partition coefficient (Wildman–Crippen LogP) is 0.360. The van der Waals surface area contributed by atoms with Crippen molar-refractivity contribution in [2.24, 2.45) is 5.92 Å². The van der Waals surface area contributed by atoms with Crippen LogP contribution in [0.25, 0.3) is 0 Å². The molecule has 3 nitrogen and oxygen atoms in total. The zero-order valence-electron chi connectivity index (χ0n) is 10.4. The van der Waals surface area contributed by atoms with E-state index >= 15 is 0 Å². The van der Waals surface area contributed by atoms with Crippen molar-refractivity contribution in [3.05, 3.63) is 0 Å². The van der Waals surface area contributed by atoms with E-state index in [0.717, 1.165) is 5.92 Å². The molecule has 92 valence electrons. The van der Waals surface area contributed by atoms with Crippen molar-refractivity contribution in [2.45, 2.75) is 51.5 Å². The number of hydrogen-bond acceptors (Lipinski definition) is 1. The van der Waals surface area contributed by atoms with Gasteiger partial charge in [0, 0.05) is 6.04 Å². The van der Waals surface area contributed by atoms with E-state index in [1.54, 1.807) is 0 Å². The summed E-state index contributed by atoms with van der Waals surface area (Å²) < 4.78 is 0. The van der Waals surface area contributed by atoms with Crippen LogP contribution in [0.15, 0.2) is 0 Å². The van der Waals surface area contributed by atoms with Gasteiger partial charge in [0.15, 0.2) is 6.54 Å². The van der Waals surface area contributed by atoms with E-state index in [4.69, 9.17) is 0 Å². The maximum atomic E-state index is 11.8. The minimum atomic E-state index is 0.274. The van der Waals surface area contributed by atoms with Crippen LogP contribution in [0, 0.1) is 5.92 Å². The lowest BCUT2D eigenvalue weighted by Gasteiger charge is -2.27. The summed E-state index contributed by atoms with van der Waals surface area (Å²) in [5.74, 6) is 1.14. The molecule has 1 amide bonds. The van der Waals surface area contributed by atoms with Crippen molar-refractivity contribution >= 4 is 5.91 Å². The Balaban J connectivity index is 1.66. The van der Waals surface area contributed by atoms with Crippen LogP contribution in [-0.4, -0.2) is 31.6 Å². The van der Waals surface area contributed by atoms with Gasteiger partial charge in [-0.2, -0.15) is 0 Å². The quantitative estimate of drug-likeness (QED) is 0.714. The Bertz CT molecular complexity index is 228. The molecule has 2 N–H and O–H groups in total. The second kappa shape index (κ2) is 5.67. The third kappa shape index (κ3) is 3.48. The number of carbonyl (C=O) groups excluding carboxylic acids is 1. The summed E-state index contributed by atoms with van der Waals surface area (Å²) in [5, 5.41) is 3.18. The number of amides is 1. The highest BCUT2D eigenvalue weighted by molar-refractivity contribution is 5.77. The van der Waals surface area contributed by atoms with Crippen molar-refractivity contribution in [1.82, 2.24) is 5.32 Å². The van der Waals surface area contributed by atoms with Gasteiger partial charge in [-0.1, -0.05) is 19.8 Å². The number of piperidine rings is 1. The number of nitrogens with one attached hydrogen (secondary N) is 2. The molecule has 0 aromatic heterocycles. The molecule has 16 heavy (non-hydrogen) atoms. The highest BCUT2D eigenvalue weighted by atomic mass is 16.2. The van der Waals surface area contributed by atoms with Crippen LogP contribution >= 0.6 is 0 Å². The van der Waals surface area contributed by atoms with Crippen LogP contribution in [0.5, 0.6) is 0 Å². The molecule has 3 heteroatoms. The van der Waals surface area contributed by atoms with Crippen molar-refractivity contribution in [3.63, 3.8) is 0 Å². The molecule has 0 radical (unpaired) electrons. The van der Waals surface area contributed by atoms with Crippen LogP contribution in [0.3, 0.4) is 0 Å². The second-order valence-corrected chi connectivity index (χ2v) is 5.66. The number of likely N-dealkylation sites (tertiary alicyclic amines) is 1. The van der Waals surface area contributed by atoms with Gasteiger partial charge < -0.3 is 10.2 Å². The summed E-state index contributed by atoms with van der Waals surface area (Å²) in [6.45, 7) is 5.37. The molecule has 1 aliphatic carbocycles. The summed E-state index contributed by atoms with van der Waals surface area (Å²) in [5.41, 5.74) is 0. The molecule has 0 bridgehead atoms. The van der Waals surface area contributed by atoms with Gasteiger partial charge in [0.25, 0.3) is 5.91 Å². The molecule has 0 unspecified atom stereocenters. The van der Waals surface area contributed by atoms with Gasteiger partial charge in [0.05, 0.1) is 13.1 Å². The topological polar surface area (TPSA) is 33.5 Å². The second-order valence-electron chi connectivity index (χ2n) is 5.66. The summed E-state index contributed by atoms with van der Waals surface area (Å²) >= 11 is 0. The molecule has 1 aliphatic heterocycles. The van der Waals surface area contributed by atoms with E-state index < -0.39 is 0 Å². The zero-order chi connectivity index (χ0) is 11.4. The molecule has 0 spiro atoms. The molecule has 0 aromatic carbocycles. The van der Waals surface area contributed by atoms with E-state index in [-0.39, 0.29) is 5.91 Å². The van der Waals surface area contributed by atoms with Gasteiger partial charge in [-0.3, -0.25) is 4.79 Å². The van der Waals surface area contributed by atoms with E-state index in [0.29, 0.717) is 12.6 Å². The van der Waals surface area contributed by atoms with E-state index in [1.807, 2.05) is 0 Å². The van der Waals surface area contributed by atoms with Crippen molar-refractivity contribution in [2.75, 3.05) is 19.6 Å². The lowest BCUT2D eigenvalue weighted by Crippen LogP contribution is -3.14. The first-order valence-corrected chi connectivity index (χ1v) is 6.87. The molecule has 0 atom stereocenters. The average Bonchev–Trinajstić information content (AvgIpc) is 2.74. The van der Waals surface area contributed by atoms with E-state index in [9.17, 15) is 4.79 Å². The molecule has 2 aliphatic rings. The SMILES string of the molecule is CC1CC[NH+](CC(=O)NC2CCCC2)CC1. The zero-order valence-corrected chi connectivity index (χ0v) is 10.4. The first-order chi connectivity index (χ1) is 7.74. The fraction of sp³-hybridized carbons (Fsp3) is 0.923. The highest BCUT2D eigenvalue weighted by Crippen LogP contribution is 2.17. The summed E-state index contributed by atoms with van der Waals surface area (Å²) in [6, 6.07) is 0.482. The van der Waals surface area contributed by atoms with Gasteiger partial charge in [-0.15, -0.1) is 0 Å². The highest BCUT2D eigenvalue weighted by Gasteiger charge is 2.23. The first-order valence-electron chi connectivity index (χ1n) is 6.87. The fourth-order valence-electron chi connectivity index (χ4n) is 2.92. The van der Waals surface area contributed by atoms with Crippen LogP contribution in [0.2, 0.25) is 0 Å². The normalized spacial score (nSPS) is 31.6. The Kier molecular flexibility index (Phi) is 4.22. The molecule has 2 rings (SSSR count). The Morgan fingerprint density at radius 2 is 1.81 bits per heavy atom. The van der Waals surface area contributed by atoms with Crippen LogP contribution in [-0.2, 0) is 4.79 Å². The summed E-state index contributed by atoms with van der Waals surface area (Å²) in [6.07, 6.45) is 7.53. The van der Waals surface area contributed by atoms with Gasteiger partial charge in [0.1, 0.15) is 0 Å². The Morgan fingerprint density at radius 1 is 1.19 bits per heavy atom. The summed E-state index contributed by atoms with van der Waals surface area (Å²) in [4.78, 5) is 13.3. The van der Waals surface area contributed by atoms with Gasteiger partial charge in [0.2, 0.25) is 0 Å². The average molecular weight is 225 g/mol. The largest absolute Gasteiger partial charge is 0.348 e. The van der Waals surface area contributed by atoms with Crippen LogP contribution in [0.1, 0.15) is 45.4 Å². The van der Waals surface area contributed by atoms with Crippen molar-refractivity contribution < 1.29 is 9.69 Å². The number of rotatable bonds is 3. The Labute approximate surface area is 98.6 Å². The molecule has 1 heterocycles. The minimum Gasteiger partial charge on any atom is -0.348 e. The maximum absolute atomic E-state index is 11.8. The molecule has 1 saturated carbocycles. The molecular weight excluding hydrogens is 200 g/mol. The maximum Gasteiger partial charge on any atom is 0.275 e. The van der Waals surface area contributed by atoms with Gasteiger partial charge >= 0.3 is 0 Å². The number of quaternary nitrogens is 1. The third-order valence-corrected chi connectivity index (χ3v) is 4.11. The fourth-order valence-corrected chi connectivity index (χ4v) is 2.92. The van der Waals surface area contributed by atoms with E-state index in [1.165, 1.54) is 56.5 Å². The first kappa shape index (κ1) is 11.9. The van der Waals surface area contributed by atoms with Crippen molar-refractivity contribution in [3.8, 4) is 0 Å². The lowest BCUT2D eigenvalue weighted by atomic mass is 9.99. The number of carbonyl (C=O) groups is 1. The van der Waals surface area contributed by atoms with Gasteiger partial charge in [-0.25, -0.2) is 0 Å².